The van der Waals surface area contributed by atoms with E-state index in [2.05, 4.69) is 0 Å². The highest BCUT2D eigenvalue weighted by atomic mass is 32.2. The van der Waals surface area contributed by atoms with E-state index in [4.69, 9.17) is 28.4 Å². The van der Waals surface area contributed by atoms with Gasteiger partial charge in [0.1, 0.15) is 30.4 Å². The van der Waals surface area contributed by atoms with Gasteiger partial charge in [-0.2, -0.15) is 0 Å². The molecule has 0 spiro atoms. The lowest BCUT2D eigenvalue weighted by atomic mass is 9.98. The summed E-state index contributed by atoms with van der Waals surface area (Å²) in [7, 11) is 1.29. The fourth-order valence-corrected chi connectivity index (χ4v) is 5.01. The molecule has 0 saturated carbocycles. The number of hydrogen-bond donors (Lipinski definition) is 0. The number of hydrogen-bond acceptors (Lipinski definition) is 9. The van der Waals surface area contributed by atoms with E-state index in [1.165, 1.54) is 25.8 Å². The van der Waals surface area contributed by atoms with Crippen molar-refractivity contribution in [3.63, 3.8) is 0 Å². The lowest BCUT2D eigenvalue weighted by Crippen LogP contribution is -2.62. The second-order valence-electron chi connectivity index (χ2n) is 8.08. The van der Waals surface area contributed by atoms with E-state index in [0.717, 1.165) is 16.0 Å². The zero-order valence-electron chi connectivity index (χ0n) is 19.2. The maximum absolute atomic E-state index is 12.0. The Kier molecular flexibility index (Phi) is 8.23. The van der Waals surface area contributed by atoms with Gasteiger partial charge in [-0.3, -0.25) is 4.79 Å². The molecule has 0 unspecified atom stereocenters. The Labute approximate surface area is 202 Å². The van der Waals surface area contributed by atoms with Crippen LogP contribution in [0.5, 0.6) is 0 Å². The zero-order chi connectivity index (χ0) is 24.1. The molecule has 0 amide bonds. The number of benzene rings is 2. The molecule has 0 N–H and O–H groups in total. The Bertz CT molecular complexity index is 967. The van der Waals surface area contributed by atoms with Crippen molar-refractivity contribution in [3.8, 4) is 0 Å². The summed E-state index contributed by atoms with van der Waals surface area (Å²) >= 11 is 1.41. The Hall–Kier alpha value is -2.43. The van der Waals surface area contributed by atoms with Crippen molar-refractivity contribution in [3.05, 3.63) is 65.7 Å². The van der Waals surface area contributed by atoms with E-state index in [0.29, 0.717) is 0 Å². The molecular formula is C25H28O8S. The fourth-order valence-electron chi connectivity index (χ4n) is 3.90. The third kappa shape index (κ3) is 5.97. The first-order chi connectivity index (χ1) is 16.4. The molecule has 2 aromatic carbocycles. The third-order valence-electron chi connectivity index (χ3n) is 5.55. The number of fused-ring (bicyclic) bond motifs is 1. The van der Waals surface area contributed by atoms with Crippen LogP contribution in [0.4, 0.5) is 0 Å². The summed E-state index contributed by atoms with van der Waals surface area (Å²) in [6, 6.07) is 17.4. The summed E-state index contributed by atoms with van der Waals surface area (Å²) in [6.45, 7) is 3.27. The molecule has 34 heavy (non-hydrogen) atoms. The van der Waals surface area contributed by atoms with E-state index in [9.17, 15) is 9.59 Å². The predicted octanol–water partition coefficient (Wildman–Crippen LogP) is 3.42. The number of rotatable bonds is 7. The third-order valence-corrected chi connectivity index (χ3v) is 6.71. The summed E-state index contributed by atoms with van der Waals surface area (Å²) < 4.78 is 34.9. The van der Waals surface area contributed by atoms with Crippen LogP contribution in [0.25, 0.3) is 0 Å². The highest BCUT2D eigenvalue weighted by Gasteiger charge is 2.52. The summed E-state index contributed by atoms with van der Waals surface area (Å²) in [6.07, 6.45) is -3.38. The van der Waals surface area contributed by atoms with Gasteiger partial charge < -0.3 is 28.4 Å². The van der Waals surface area contributed by atoms with E-state index in [-0.39, 0.29) is 13.2 Å². The smallest absolute Gasteiger partial charge is 0.331 e. The van der Waals surface area contributed by atoms with Gasteiger partial charge >= 0.3 is 11.9 Å². The lowest BCUT2D eigenvalue weighted by molar-refractivity contribution is -0.324. The first kappa shape index (κ1) is 24.7. The molecule has 8 nitrogen and oxygen atoms in total. The zero-order valence-corrected chi connectivity index (χ0v) is 20.1. The van der Waals surface area contributed by atoms with Crippen molar-refractivity contribution in [2.75, 3.05) is 20.3 Å². The van der Waals surface area contributed by atoms with Crippen LogP contribution in [0, 0.1) is 6.92 Å². The molecule has 2 aliphatic rings. The minimum Gasteiger partial charge on any atom is -0.467 e. The van der Waals surface area contributed by atoms with Gasteiger partial charge in [-0.1, -0.05) is 59.8 Å². The molecule has 9 heteroatoms. The van der Waals surface area contributed by atoms with E-state index < -0.39 is 48.1 Å². The topological polar surface area (TPSA) is 89.5 Å². The van der Waals surface area contributed by atoms with E-state index in [1.807, 2.05) is 61.5 Å². The summed E-state index contributed by atoms with van der Waals surface area (Å²) in [5, 5.41) is 0. The van der Waals surface area contributed by atoms with Gasteiger partial charge in [-0.25, -0.2) is 4.79 Å². The predicted molar refractivity (Wildman–Crippen MR) is 123 cm³/mol. The van der Waals surface area contributed by atoms with Crippen LogP contribution in [0.3, 0.4) is 0 Å². The van der Waals surface area contributed by atoms with Crippen molar-refractivity contribution in [2.45, 2.75) is 54.9 Å². The van der Waals surface area contributed by atoms with Crippen LogP contribution in [0.15, 0.2) is 59.5 Å². The van der Waals surface area contributed by atoms with Gasteiger partial charge in [0.05, 0.1) is 13.7 Å². The number of carbonyl (C=O) groups is 2. The van der Waals surface area contributed by atoms with E-state index >= 15 is 0 Å². The minimum atomic E-state index is -0.829. The molecule has 0 aliphatic carbocycles. The quantitative estimate of drug-likeness (QED) is 0.544. The van der Waals surface area contributed by atoms with Crippen molar-refractivity contribution in [1.29, 1.82) is 0 Å². The number of thioether (sulfide) groups is 1. The standard InChI is InChI=1S/C25H28O8S/c1-15-9-11-18(12-10-15)34-25-23(31-16(2)26)22(29-14-20(27)28-3)21-19(32-25)13-30-24(33-21)17-7-5-4-6-8-17/h4-12,19,21-25H,13-14H2,1-3H3/t19-,21-,22+,23-,24-,25+/m1/s1. The molecule has 2 aliphatic heterocycles. The molecule has 0 aromatic heterocycles. The van der Waals surface area contributed by atoms with E-state index in [1.54, 1.807) is 0 Å². The van der Waals surface area contributed by atoms with Gasteiger partial charge in [-0.05, 0) is 19.1 Å². The summed E-state index contributed by atoms with van der Waals surface area (Å²) in [5.41, 5.74) is 1.37. The average molecular weight is 489 g/mol. The largest absolute Gasteiger partial charge is 0.467 e. The Morgan fingerprint density at radius 2 is 1.76 bits per heavy atom. The fraction of sp³-hybridized carbons (Fsp3) is 0.440. The second kappa shape index (κ2) is 11.3. The van der Waals surface area contributed by atoms with Crippen molar-refractivity contribution in [1.82, 2.24) is 0 Å². The highest BCUT2D eigenvalue weighted by Crippen LogP contribution is 2.41. The molecular weight excluding hydrogens is 460 g/mol. The molecule has 2 saturated heterocycles. The second-order valence-corrected chi connectivity index (χ2v) is 9.25. The summed E-state index contributed by atoms with van der Waals surface area (Å²) in [5.74, 6) is -1.03. The highest BCUT2D eigenvalue weighted by molar-refractivity contribution is 7.99. The van der Waals surface area contributed by atoms with Gasteiger partial charge in [0, 0.05) is 17.4 Å². The lowest BCUT2D eigenvalue weighted by Gasteiger charge is -2.48. The van der Waals surface area contributed by atoms with Crippen molar-refractivity contribution in [2.24, 2.45) is 0 Å². The number of esters is 2. The molecule has 2 fully saturated rings. The van der Waals surface area contributed by atoms with Crippen LogP contribution in [0.2, 0.25) is 0 Å². The van der Waals surface area contributed by atoms with Crippen molar-refractivity contribution >= 4 is 23.7 Å². The monoisotopic (exact) mass is 488 g/mol. The van der Waals surface area contributed by atoms with Gasteiger partial charge in [0.2, 0.25) is 0 Å². The molecule has 2 heterocycles. The van der Waals surface area contributed by atoms with Gasteiger partial charge in [0.15, 0.2) is 12.4 Å². The maximum Gasteiger partial charge on any atom is 0.331 e. The van der Waals surface area contributed by atoms with Gasteiger partial charge in [0.25, 0.3) is 0 Å². The Balaban J connectivity index is 1.61. The average Bonchev–Trinajstić information content (AvgIpc) is 2.85. The van der Waals surface area contributed by atoms with Crippen LogP contribution >= 0.6 is 11.8 Å². The SMILES string of the molecule is COC(=O)CO[C@@H]1[C@@H](OC(C)=O)[C@H](Sc2ccc(C)cc2)O[C@@H]2CO[C@@H](c3ccccc3)O[C@@H]12. The first-order valence-corrected chi connectivity index (χ1v) is 11.9. The molecule has 182 valence electrons. The number of carbonyl (C=O) groups excluding carboxylic acids is 2. The number of aryl methyl sites for hydroxylation is 1. The van der Waals surface area contributed by atoms with Gasteiger partial charge in [-0.15, -0.1) is 0 Å². The molecule has 6 atom stereocenters. The molecule has 2 aromatic rings. The summed E-state index contributed by atoms with van der Waals surface area (Å²) in [4.78, 5) is 24.9. The molecule has 4 rings (SSSR count). The first-order valence-electron chi connectivity index (χ1n) is 11.0. The number of methoxy groups -OCH3 is 1. The van der Waals surface area contributed by atoms with Crippen LogP contribution in [-0.2, 0) is 38.0 Å². The van der Waals surface area contributed by atoms with Crippen molar-refractivity contribution < 1.29 is 38.0 Å². The minimum absolute atomic E-state index is 0.250. The Morgan fingerprint density at radius 1 is 1.03 bits per heavy atom. The molecule has 0 radical (unpaired) electrons. The van der Waals surface area contributed by atoms with Crippen LogP contribution < -0.4 is 0 Å². The Morgan fingerprint density at radius 3 is 2.44 bits per heavy atom. The molecule has 0 bridgehead atoms. The maximum atomic E-state index is 12.0. The van der Waals surface area contributed by atoms with Crippen LogP contribution in [0.1, 0.15) is 24.3 Å². The normalized spacial score (nSPS) is 28.6. The van der Waals surface area contributed by atoms with Crippen LogP contribution in [-0.4, -0.2) is 62.1 Å². The number of ether oxygens (including phenoxy) is 6.